The summed E-state index contributed by atoms with van der Waals surface area (Å²) >= 11 is 1.64. The van der Waals surface area contributed by atoms with Crippen molar-refractivity contribution in [2.24, 2.45) is 0 Å². The van der Waals surface area contributed by atoms with E-state index in [0.29, 0.717) is 23.2 Å². The first-order chi connectivity index (χ1) is 8.24. The molecule has 0 aliphatic carbocycles. The molecule has 0 atom stereocenters. The molecule has 17 heavy (non-hydrogen) atoms. The number of benzene rings is 1. The van der Waals surface area contributed by atoms with Gasteiger partial charge in [-0.25, -0.2) is 0 Å². The summed E-state index contributed by atoms with van der Waals surface area (Å²) in [5.41, 5.74) is 7.07. The number of anilines is 1. The molecule has 90 valence electrons. The molecule has 0 saturated carbocycles. The fourth-order valence-electron chi connectivity index (χ4n) is 1.44. The maximum atomic E-state index is 5.68. The molecule has 0 amide bonds. The lowest BCUT2D eigenvalue weighted by Gasteiger charge is -2.05. The Kier molecular flexibility index (Phi) is 3.53. The number of hydrogen-bond acceptors (Lipinski definition) is 6. The average molecular weight is 251 g/mol. The first kappa shape index (κ1) is 11.8. The van der Waals surface area contributed by atoms with Crippen LogP contribution in [0.3, 0.4) is 0 Å². The molecule has 5 nitrogen and oxygen atoms in total. The number of nitrogens with zero attached hydrogens (tertiary/aromatic N) is 2. The summed E-state index contributed by atoms with van der Waals surface area (Å²) in [4.78, 5) is 4.29. The van der Waals surface area contributed by atoms with Crippen LogP contribution < -0.4 is 10.5 Å². The Balaban J connectivity index is 2.37. The molecule has 1 aromatic heterocycles. The number of nitrogens with two attached hydrogens (primary N) is 1. The predicted octanol–water partition coefficient (Wildman–Crippen LogP) is 2.19. The Labute approximate surface area is 103 Å². The first-order valence-corrected chi connectivity index (χ1v) is 6.39. The molecule has 1 heterocycles. The second-order valence-electron chi connectivity index (χ2n) is 3.41. The van der Waals surface area contributed by atoms with E-state index in [2.05, 4.69) is 10.1 Å². The highest BCUT2D eigenvalue weighted by atomic mass is 32.2. The largest absolute Gasteiger partial charge is 0.496 e. The van der Waals surface area contributed by atoms with E-state index in [-0.39, 0.29) is 0 Å². The molecule has 0 bridgehead atoms. The van der Waals surface area contributed by atoms with E-state index in [0.717, 1.165) is 11.3 Å². The van der Waals surface area contributed by atoms with Crippen LogP contribution in [0.2, 0.25) is 0 Å². The zero-order chi connectivity index (χ0) is 12.3. The zero-order valence-electron chi connectivity index (χ0n) is 9.64. The minimum Gasteiger partial charge on any atom is -0.496 e. The highest BCUT2D eigenvalue weighted by Crippen LogP contribution is 2.30. The monoisotopic (exact) mass is 251 g/mol. The molecule has 0 unspecified atom stereocenters. The van der Waals surface area contributed by atoms with Crippen molar-refractivity contribution in [1.29, 1.82) is 0 Å². The smallest absolute Gasteiger partial charge is 0.261 e. The van der Waals surface area contributed by atoms with Crippen molar-refractivity contribution in [3.05, 3.63) is 24.0 Å². The van der Waals surface area contributed by atoms with E-state index < -0.39 is 0 Å². The first-order valence-electron chi connectivity index (χ1n) is 5.00. The van der Waals surface area contributed by atoms with Gasteiger partial charge in [0, 0.05) is 11.8 Å². The highest BCUT2D eigenvalue weighted by Gasteiger charge is 2.13. The average Bonchev–Trinajstić information content (AvgIpc) is 2.78. The van der Waals surface area contributed by atoms with Gasteiger partial charge in [-0.15, -0.1) is 0 Å². The van der Waals surface area contributed by atoms with Crippen LogP contribution in [-0.2, 0) is 5.75 Å². The summed E-state index contributed by atoms with van der Waals surface area (Å²) in [7, 11) is 1.58. The summed E-state index contributed by atoms with van der Waals surface area (Å²) in [5.74, 6) is 2.47. The summed E-state index contributed by atoms with van der Waals surface area (Å²) < 4.78 is 10.4. The molecule has 6 heteroatoms. The van der Waals surface area contributed by atoms with E-state index in [9.17, 15) is 0 Å². The van der Waals surface area contributed by atoms with Crippen LogP contribution in [-0.4, -0.2) is 23.5 Å². The van der Waals surface area contributed by atoms with E-state index in [1.54, 1.807) is 31.0 Å². The van der Waals surface area contributed by atoms with Crippen molar-refractivity contribution in [2.75, 3.05) is 19.1 Å². The van der Waals surface area contributed by atoms with Crippen LogP contribution in [0.4, 0.5) is 5.69 Å². The van der Waals surface area contributed by atoms with E-state index in [4.69, 9.17) is 15.0 Å². The van der Waals surface area contributed by atoms with Gasteiger partial charge in [0.1, 0.15) is 5.75 Å². The van der Waals surface area contributed by atoms with Crippen molar-refractivity contribution in [2.45, 2.75) is 5.75 Å². The fourth-order valence-corrected chi connectivity index (χ4v) is 1.81. The summed E-state index contributed by atoms with van der Waals surface area (Å²) in [6.07, 6.45) is 1.99. The molecule has 0 spiro atoms. The quantitative estimate of drug-likeness (QED) is 0.840. The number of thioether (sulfide) groups is 1. The third-order valence-electron chi connectivity index (χ3n) is 2.20. The van der Waals surface area contributed by atoms with Crippen LogP contribution in [0.15, 0.2) is 22.7 Å². The minimum absolute atomic E-state index is 0.450. The number of hydrogen-bond donors (Lipinski definition) is 1. The minimum atomic E-state index is 0.450. The number of rotatable bonds is 4. The molecule has 2 aromatic rings. The van der Waals surface area contributed by atoms with Crippen LogP contribution in [0.25, 0.3) is 11.5 Å². The molecule has 1 aromatic carbocycles. The third-order valence-corrected chi connectivity index (χ3v) is 2.74. The van der Waals surface area contributed by atoms with Crippen molar-refractivity contribution >= 4 is 17.4 Å². The second-order valence-corrected chi connectivity index (χ2v) is 4.27. The number of methoxy groups -OCH3 is 1. The standard InChI is InChI=1S/C11H13N3O2S/c1-15-9-5-7(12)3-4-8(9)11-13-10(6-17-2)14-16-11/h3-5H,6,12H2,1-2H3. The lowest BCUT2D eigenvalue weighted by atomic mass is 10.2. The molecule has 0 fully saturated rings. The summed E-state index contributed by atoms with van der Waals surface area (Å²) in [5, 5.41) is 3.89. The highest BCUT2D eigenvalue weighted by molar-refractivity contribution is 7.97. The Hall–Kier alpha value is -1.69. The van der Waals surface area contributed by atoms with E-state index >= 15 is 0 Å². The summed E-state index contributed by atoms with van der Waals surface area (Å²) in [6.45, 7) is 0. The van der Waals surface area contributed by atoms with Crippen LogP contribution in [0.5, 0.6) is 5.75 Å². The van der Waals surface area contributed by atoms with Gasteiger partial charge in [0.15, 0.2) is 5.82 Å². The maximum Gasteiger partial charge on any atom is 0.261 e. The van der Waals surface area contributed by atoms with Crippen LogP contribution in [0, 0.1) is 0 Å². The predicted molar refractivity (Wildman–Crippen MR) is 67.9 cm³/mol. The molecular formula is C11H13N3O2S. The Morgan fingerprint density at radius 2 is 2.29 bits per heavy atom. The Morgan fingerprint density at radius 1 is 1.47 bits per heavy atom. The van der Waals surface area contributed by atoms with Gasteiger partial charge >= 0.3 is 0 Å². The van der Waals surface area contributed by atoms with Gasteiger partial charge in [0.05, 0.1) is 18.4 Å². The Bertz CT molecular complexity index is 513. The topological polar surface area (TPSA) is 74.2 Å². The van der Waals surface area contributed by atoms with Crippen molar-refractivity contribution in [3.63, 3.8) is 0 Å². The van der Waals surface area contributed by atoms with Crippen molar-refractivity contribution in [1.82, 2.24) is 10.1 Å². The van der Waals surface area contributed by atoms with Gasteiger partial charge in [-0.05, 0) is 18.4 Å². The molecule has 0 aliphatic heterocycles. The summed E-state index contributed by atoms with van der Waals surface area (Å²) in [6, 6.07) is 5.31. The third kappa shape index (κ3) is 2.52. The number of aromatic nitrogens is 2. The van der Waals surface area contributed by atoms with E-state index in [1.807, 2.05) is 12.3 Å². The SMILES string of the molecule is COc1cc(N)ccc1-c1nc(CSC)no1. The van der Waals surface area contributed by atoms with E-state index in [1.165, 1.54) is 0 Å². The molecule has 0 radical (unpaired) electrons. The Morgan fingerprint density at radius 3 is 3.00 bits per heavy atom. The van der Waals surface area contributed by atoms with Gasteiger partial charge < -0.3 is 15.0 Å². The van der Waals surface area contributed by atoms with Crippen LogP contribution in [0.1, 0.15) is 5.82 Å². The van der Waals surface area contributed by atoms with Crippen molar-refractivity contribution in [3.8, 4) is 17.2 Å². The zero-order valence-corrected chi connectivity index (χ0v) is 10.5. The number of ether oxygens (including phenoxy) is 1. The molecule has 0 aliphatic rings. The molecule has 0 saturated heterocycles. The van der Waals surface area contributed by atoms with Gasteiger partial charge in [-0.2, -0.15) is 16.7 Å². The van der Waals surface area contributed by atoms with Gasteiger partial charge in [-0.1, -0.05) is 5.16 Å². The lowest BCUT2D eigenvalue weighted by molar-refractivity contribution is 0.404. The normalized spacial score (nSPS) is 10.5. The second kappa shape index (κ2) is 5.09. The number of nitrogen functional groups attached to an aromatic ring is 1. The molecular weight excluding hydrogens is 238 g/mol. The van der Waals surface area contributed by atoms with Crippen molar-refractivity contribution < 1.29 is 9.26 Å². The lowest BCUT2D eigenvalue weighted by Crippen LogP contribution is -1.91. The van der Waals surface area contributed by atoms with Gasteiger partial charge in [-0.3, -0.25) is 0 Å². The molecule has 2 N–H and O–H groups in total. The fraction of sp³-hybridized carbons (Fsp3) is 0.273. The van der Waals surface area contributed by atoms with Gasteiger partial charge in [0.2, 0.25) is 0 Å². The maximum absolute atomic E-state index is 5.68. The van der Waals surface area contributed by atoms with Crippen LogP contribution >= 0.6 is 11.8 Å². The van der Waals surface area contributed by atoms with Gasteiger partial charge in [0.25, 0.3) is 5.89 Å². The molecule has 2 rings (SSSR count).